The Kier molecular flexibility index (Phi) is 3.98. The molecule has 0 saturated carbocycles. The van der Waals surface area contributed by atoms with E-state index in [2.05, 4.69) is 0 Å². The minimum atomic E-state index is 0.538. The number of halogens is 1. The Morgan fingerprint density at radius 2 is 1.93 bits per heavy atom. The van der Waals surface area contributed by atoms with Crippen molar-refractivity contribution in [1.82, 2.24) is 0 Å². The van der Waals surface area contributed by atoms with Gasteiger partial charge in [0.25, 0.3) is 0 Å². The lowest BCUT2D eigenvalue weighted by Crippen LogP contribution is -1.91. The summed E-state index contributed by atoms with van der Waals surface area (Å²) < 4.78 is 22.0. The van der Waals surface area contributed by atoms with Gasteiger partial charge in [0.05, 0.1) is 20.5 Å². The van der Waals surface area contributed by atoms with E-state index in [0.717, 1.165) is 5.56 Å². The van der Waals surface area contributed by atoms with Crippen LogP contribution in [-0.2, 0) is 6.42 Å². The van der Waals surface area contributed by atoms with Crippen molar-refractivity contribution in [2.45, 2.75) is 6.42 Å². The Labute approximate surface area is 83.0 Å². The van der Waals surface area contributed by atoms with Crippen molar-refractivity contribution in [3.05, 3.63) is 36.2 Å². The summed E-state index contributed by atoms with van der Waals surface area (Å²) in [6.45, 7) is 0. The first kappa shape index (κ1) is 10.6. The molecule has 1 rings (SSSR count). The molecule has 2 nitrogen and oxygen atoms in total. The highest BCUT2D eigenvalue weighted by Gasteiger charge is 2.02. The molecule has 0 fully saturated rings. The number of rotatable bonds is 4. The van der Waals surface area contributed by atoms with Crippen molar-refractivity contribution in [1.29, 1.82) is 0 Å². The highest BCUT2D eigenvalue weighted by Crippen LogP contribution is 2.27. The molecule has 0 N–H and O–H groups in total. The third-order valence-electron chi connectivity index (χ3n) is 1.89. The van der Waals surface area contributed by atoms with Gasteiger partial charge in [-0.1, -0.05) is 12.1 Å². The van der Waals surface area contributed by atoms with Crippen LogP contribution in [0.5, 0.6) is 11.5 Å². The summed E-state index contributed by atoms with van der Waals surface area (Å²) in [5, 5.41) is 0. The molecule has 14 heavy (non-hydrogen) atoms. The van der Waals surface area contributed by atoms with Gasteiger partial charge in [-0.05, 0) is 24.1 Å². The zero-order valence-corrected chi connectivity index (χ0v) is 8.29. The first-order valence-corrected chi connectivity index (χ1v) is 4.28. The van der Waals surface area contributed by atoms with Gasteiger partial charge in [0.15, 0.2) is 11.5 Å². The van der Waals surface area contributed by atoms with Crippen LogP contribution in [0.15, 0.2) is 30.6 Å². The van der Waals surface area contributed by atoms with Gasteiger partial charge in [0.2, 0.25) is 0 Å². The summed E-state index contributed by atoms with van der Waals surface area (Å²) in [5.41, 5.74) is 0.983. The molecule has 0 atom stereocenters. The van der Waals surface area contributed by atoms with Gasteiger partial charge in [-0.2, -0.15) is 0 Å². The van der Waals surface area contributed by atoms with Crippen LogP contribution in [0.1, 0.15) is 5.56 Å². The summed E-state index contributed by atoms with van der Waals surface area (Å²) in [6, 6.07) is 5.51. The molecule has 0 radical (unpaired) electrons. The van der Waals surface area contributed by atoms with E-state index >= 15 is 0 Å². The third-order valence-corrected chi connectivity index (χ3v) is 1.89. The number of hydrogen-bond acceptors (Lipinski definition) is 2. The van der Waals surface area contributed by atoms with Crippen LogP contribution >= 0.6 is 0 Å². The van der Waals surface area contributed by atoms with Crippen LogP contribution < -0.4 is 9.47 Å². The lowest BCUT2D eigenvalue weighted by atomic mass is 10.1. The topological polar surface area (TPSA) is 18.5 Å². The molecule has 3 heteroatoms. The molecule has 0 spiro atoms. The zero-order chi connectivity index (χ0) is 10.4. The fraction of sp³-hybridized carbons (Fsp3) is 0.273. The Morgan fingerprint density at radius 3 is 2.50 bits per heavy atom. The molecule has 0 aliphatic rings. The van der Waals surface area contributed by atoms with E-state index < -0.39 is 0 Å². The normalized spacial score (nSPS) is 10.5. The molecule has 1 aromatic carbocycles. The van der Waals surface area contributed by atoms with Crippen molar-refractivity contribution in [2.24, 2.45) is 0 Å². The average molecular weight is 196 g/mol. The van der Waals surface area contributed by atoms with Gasteiger partial charge < -0.3 is 9.47 Å². The summed E-state index contributed by atoms with van der Waals surface area (Å²) in [6.07, 6.45) is 2.54. The number of allylic oxidation sites excluding steroid dienone is 1. The lowest BCUT2D eigenvalue weighted by molar-refractivity contribution is 0.354. The van der Waals surface area contributed by atoms with Gasteiger partial charge in [-0.15, -0.1) is 0 Å². The molecule has 0 saturated heterocycles. The van der Waals surface area contributed by atoms with Crippen molar-refractivity contribution >= 4 is 0 Å². The first-order chi connectivity index (χ1) is 6.81. The summed E-state index contributed by atoms with van der Waals surface area (Å²) in [5.74, 6) is 1.35. The lowest BCUT2D eigenvalue weighted by Gasteiger charge is -2.08. The second-order valence-corrected chi connectivity index (χ2v) is 2.76. The van der Waals surface area contributed by atoms with Crippen molar-refractivity contribution < 1.29 is 13.9 Å². The molecule has 0 unspecified atom stereocenters. The standard InChI is InChI=1S/C11H13FO2/c1-13-10-6-5-9(4-3-7-12)8-11(10)14-2/h3,5-8H,4H2,1-2H3. The van der Waals surface area contributed by atoms with Crippen LogP contribution in [0.2, 0.25) is 0 Å². The minimum Gasteiger partial charge on any atom is -0.493 e. The summed E-state index contributed by atoms with van der Waals surface area (Å²) in [4.78, 5) is 0. The second-order valence-electron chi connectivity index (χ2n) is 2.76. The van der Waals surface area contributed by atoms with E-state index in [0.29, 0.717) is 24.2 Å². The maximum atomic E-state index is 11.8. The SMILES string of the molecule is COc1ccc(CC=CF)cc1OC. The first-order valence-electron chi connectivity index (χ1n) is 4.28. The highest BCUT2D eigenvalue weighted by molar-refractivity contribution is 5.43. The molecule has 0 amide bonds. The van der Waals surface area contributed by atoms with Gasteiger partial charge in [-0.25, -0.2) is 4.39 Å². The van der Waals surface area contributed by atoms with E-state index in [1.807, 2.05) is 12.1 Å². The Balaban J connectivity index is 2.89. The summed E-state index contributed by atoms with van der Waals surface area (Å²) in [7, 11) is 3.16. The Morgan fingerprint density at radius 1 is 1.21 bits per heavy atom. The Hall–Kier alpha value is -1.51. The Bertz CT molecular complexity index is 321. The fourth-order valence-electron chi connectivity index (χ4n) is 1.19. The van der Waals surface area contributed by atoms with Crippen LogP contribution in [-0.4, -0.2) is 14.2 Å². The smallest absolute Gasteiger partial charge is 0.160 e. The number of ether oxygens (including phenoxy) is 2. The number of methoxy groups -OCH3 is 2. The van der Waals surface area contributed by atoms with Crippen LogP contribution in [0.25, 0.3) is 0 Å². The molecule has 0 aliphatic heterocycles. The maximum Gasteiger partial charge on any atom is 0.160 e. The van der Waals surface area contributed by atoms with E-state index in [1.54, 1.807) is 20.3 Å². The number of hydrogen-bond donors (Lipinski definition) is 0. The van der Waals surface area contributed by atoms with E-state index in [-0.39, 0.29) is 0 Å². The van der Waals surface area contributed by atoms with Crippen molar-refractivity contribution in [3.63, 3.8) is 0 Å². The largest absolute Gasteiger partial charge is 0.493 e. The fourth-order valence-corrected chi connectivity index (χ4v) is 1.19. The predicted octanol–water partition coefficient (Wildman–Crippen LogP) is 2.73. The van der Waals surface area contributed by atoms with Crippen LogP contribution in [0, 0.1) is 0 Å². The zero-order valence-electron chi connectivity index (χ0n) is 8.29. The van der Waals surface area contributed by atoms with Gasteiger partial charge in [0, 0.05) is 0 Å². The van der Waals surface area contributed by atoms with Crippen molar-refractivity contribution in [3.8, 4) is 11.5 Å². The van der Waals surface area contributed by atoms with Gasteiger partial charge in [-0.3, -0.25) is 0 Å². The number of benzene rings is 1. The van der Waals surface area contributed by atoms with Crippen LogP contribution in [0.3, 0.4) is 0 Å². The monoisotopic (exact) mass is 196 g/mol. The quantitative estimate of drug-likeness (QED) is 0.737. The molecule has 0 bridgehead atoms. The van der Waals surface area contributed by atoms with Crippen molar-refractivity contribution in [2.75, 3.05) is 14.2 Å². The maximum absolute atomic E-state index is 11.8. The van der Waals surface area contributed by atoms with E-state index in [4.69, 9.17) is 9.47 Å². The summed E-state index contributed by atoms with van der Waals surface area (Å²) >= 11 is 0. The highest BCUT2D eigenvalue weighted by atomic mass is 19.1. The molecule has 0 aliphatic carbocycles. The van der Waals surface area contributed by atoms with Crippen LogP contribution in [0.4, 0.5) is 4.39 Å². The third kappa shape index (κ3) is 2.49. The average Bonchev–Trinajstić information content (AvgIpc) is 2.25. The van der Waals surface area contributed by atoms with E-state index in [9.17, 15) is 4.39 Å². The van der Waals surface area contributed by atoms with Gasteiger partial charge >= 0.3 is 0 Å². The van der Waals surface area contributed by atoms with E-state index in [1.165, 1.54) is 6.08 Å². The molecular weight excluding hydrogens is 183 g/mol. The second kappa shape index (κ2) is 5.27. The molecule has 1 aromatic rings. The molecular formula is C11H13FO2. The minimum absolute atomic E-state index is 0.538. The molecule has 0 heterocycles. The van der Waals surface area contributed by atoms with Gasteiger partial charge in [0.1, 0.15) is 0 Å². The molecule has 0 aromatic heterocycles. The predicted molar refractivity (Wildman–Crippen MR) is 53.5 cm³/mol. The molecule has 76 valence electrons.